The molecule has 4 heteroatoms. The van der Waals surface area contributed by atoms with Crippen molar-refractivity contribution >= 4 is 6.03 Å². The highest BCUT2D eigenvalue weighted by molar-refractivity contribution is 5.74. The first-order chi connectivity index (χ1) is 9.34. The molecule has 2 aliphatic heterocycles. The predicted molar refractivity (Wildman–Crippen MR) is 76.2 cm³/mol. The van der Waals surface area contributed by atoms with Crippen molar-refractivity contribution in [3.63, 3.8) is 0 Å². The fourth-order valence-electron chi connectivity index (χ4n) is 3.83. The van der Waals surface area contributed by atoms with Gasteiger partial charge in [-0.25, -0.2) is 4.79 Å². The average molecular weight is 265 g/mol. The maximum Gasteiger partial charge on any atom is 0.320 e. The van der Waals surface area contributed by atoms with Crippen molar-refractivity contribution < 1.29 is 4.79 Å². The van der Waals surface area contributed by atoms with Gasteiger partial charge in [-0.05, 0) is 32.1 Å². The first-order valence-electron chi connectivity index (χ1n) is 8.12. The fraction of sp³-hybridized carbons (Fsp3) is 0.933. The zero-order chi connectivity index (χ0) is 13.1. The van der Waals surface area contributed by atoms with Crippen molar-refractivity contribution in [3.05, 3.63) is 0 Å². The number of piperazine rings is 1. The molecule has 0 unspecified atom stereocenters. The SMILES string of the molecule is O=C(N1CCCCC1)N1CCN(C2CCCC2)CC1. The zero-order valence-electron chi connectivity index (χ0n) is 12.0. The van der Waals surface area contributed by atoms with E-state index < -0.39 is 0 Å². The summed E-state index contributed by atoms with van der Waals surface area (Å²) in [6.07, 6.45) is 9.22. The first kappa shape index (κ1) is 13.2. The predicted octanol–water partition coefficient (Wildman–Crippen LogP) is 2.15. The number of amides is 2. The number of hydrogen-bond acceptors (Lipinski definition) is 2. The molecule has 3 rings (SSSR count). The van der Waals surface area contributed by atoms with Gasteiger partial charge in [-0.3, -0.25) is 4.90 Å². The van der Waals surface area contributed by atoms with Gasteiger partial charge in [-0.2, -0.15) is 0 Å². The highest BCUT2D eigenvalue weighted by Crippen LogP contribution is 2.24. The minimum absolute atomic E-state index is 0.297. The second kappa shape index (κ2) is 6.12. The summed E-state index contributed by atoms with van der Waals surface area (Å²) in [6, 6.07) is 1.11. The Kier molecular flexibility index (Phi) is 4.26. The summed E-state index contributed by atoms with van der Waals surface area (Å²) < 4.78 is 0. The van der Waals surface area contributed by atoms with Crippen LogP contribution in [0.3, 0.4) is 0 Å². The molecule has 0 atom stereocenters. The normalized spacial score (nSPS) is 26.9. The summed E-state index contributed by atoms with van der Waals surface area (Å²) in [5.74, 6) is 0. The van der Waals surface area contributed by atoms with Crippen molar-refractivity contribution in [2.24, 2.45) is 0 Å². The van der Waals surface area contributed by atoms with E-state index in [-0.39, 0.29) is 0 Å². The van der Waals surface area contributed by atoms with Crippen molar-refractivity contribution in [2.45, 2.75) is 51.0 Å². The van der Waals surface area contributed by atoms with E-state index in [4.69, 9.17) is 0 Å². The molecule has 0 bridgehead atoms. The second-order valence-electron chi connectivity index (χ2n) is 6.29. The Hall–Kier alpha value is -0.770. The van der Waals surface area contributed by atoms with Crippen LogP contribution in [0.1, 0.15) is 44.9 Å². The third-order valence-corrected chi connectivity index (χ3v) is 5.05. The van der Waals surface area contributed by atoms with Crippen molar-refractivity contribution in [3.8, 4) is 0 Å². The highest BCUT2D eigenvalue weighted by atomic mass is 16.2. The van der Waals surface area contributed by atoms with Crippen molar-refractivity contribution in [1.82, 2.24) is 14.7 Å². The van der Waals surface area contributed by atoms with E-state index >= 15 is 0 Å². The van der Waals surface area contributed by atoms with Crippen LogP contribution in [-0.2, 0) is 0 Å². The third kappa shape index (κ3) is 3.04. The number of carbonyl (C=O) groups excluding carboxylic acids is 1. The molecule has 1 aliphatic carbocycles. The summed E-state index contributed by atoms with van der Waals surface area (Å²) in [5, 5.41) is 0. The van der Waals surface area contributed by atoms with Gasteiger partial charge in [-0.15, -0.1) is 0 Å². The molecule has 0 radical (unpaired) electrons. The molecular formula is C15H27N3O. The number of likely N-dealkylation sites (tertiary alicyclic amines) is 1. The number of hydrogen-bond donors (Lipinski definition) is 0. The van der Waals surface area contributed by atoms with Gasteiger partial charge in [0.25, 0.3) is 0 Å². The molecule has 2 saturated heterocycles. The molecule has 1 saturated carbocycles. The molecule has 0 aromatic heterocycles. The second-order valence-corrected chi connectivity index (χ2v) is 6.29. The van der Waals surface area contributed by atoms with Crippen LogP contribution in [0.4, 0.5) is 4.79 Å². The number of piperidine rings is 1. The van der Waals surface area contributed by atoms with Gasteiger partial charge in [0.15, 0.2) is 0 Å². The molecule has 3 fully saturated rings. The van der Waals surface area contributed by atoms with Crippen LogP contribution in [0, 0.1) is 0 Å². The van der Waals surface area contributed by atoms with Crippen LogP contribution in [0.5, 0.6) is 0 Å². The molecule has 108 valence electrons. The number of rotatable bonds is 1. The molecular weight excluding hydrogens is 238 g/mol. The minimum Gasteiger partial charge on any atom is -0.325 e. The molecule has 3 aliphatic rings. The maximum absolute atomic E-state index is 12.4. The molecule has 0 aromatic carbocycles. The number of nitrogens with zero attached hydrogens (tertiary/aromatic N) is 3. The lowest BCUT2D eigenvalue weighted by molar-refractivity contribution is 0.0884. The summed E-state index contributed by atoms with van der Waals surface area (Å²) in [4.78, 5) is 19.2. The van der Waals surface area contributed by atoms with E-state index in [9.17, 15) is 4.79 Å². The lowest BCUT2D eigenvalue weighted by atomic mass is 10.1. The Morgan fingerprint density at radius 2 is 1.26 bits per heavy atom. The Morgan fingerprint density at radius 3 is 1.89 bits per heavy atom. The Morgan fingerprint density at radius 1 is 0.684 bits per heavy atom. The van der Waals surface area contributed by atoms with Gasteiger partial charge in [0, 0.05) is 45.3 Å². The summed E-state index contributed by atoms with van der Waals surface area (Å²) >= 11 is 0. The summed E-state index contributed by atoms with van der Waals surface area (Å²) in [5.41, 5.74) is 0. The average Bonchev–Trinajstić information content (AvgIpc) is 3.02. The fourth-order valence-corrected chi connectivity index (χ4v) is 3.83. The maximum atomic E-state index is 12.4. The smallest absolute Gasteiger partial charge is 0.320 e. The van der Waals surface area contributed by atoms with Gasteiger partial charge in [0.2, 0.25) is 0 Å². The van der Waals surface area contributed by atoms with Gasteiger partial charge in [-0.1, -0.05) is 12.8 Å². The third-order valence-electron chi connectivity index (χ3n) is 5.05. The quantitative estimate of drug-likeness (QED) is 0.726. The van der Waals surface area contributed by atoms with Crippen LogP contribution in [0.15, 0.2) is 0 Å². The lowest BCUT2D eigenvalue weighted by Crippen LogP contribution is -2.55. The van der Waals surface area contributed by atoms with E-state index in [0.29, 0.717) is 6.03 Å². The molecule has 0 aromatic rings. The lowest BCUT2D eigenvalue weighted by Gasteiger charge is -2.40. The molecule has 19 heavy (non-hydrogen) atoms. The van der Waals surface area contributed by atoms with Gasteiger partial charge >= 0.3 is 6.03 Å². The number of urea groups is 1. The topological polar surface area (TPSA) is 26.8 Å². The van der Waals surface area contributed by atoms with E-state index in [2.05, 4.69) is 14.7 Å². The molecule has 4 nitrogen and oxygen atoms in total. The van der Waals surface area contributed by atoms with Crippen LogP contribution < -0.4 is 0 Å². The Bertz CT molecular complexity index is 301. The monoisotopic (exact) mass is 265 g/mol. The van der Waals surface area contributed by atoms with Crippen LogP contribution >= 0.6 is 0 Å². The molecule has 0 N–H and O–H groups in total. The van der Waals surface area contributed by atoms with E-state index in [1.54, 1.807) is 0 Å². The van der Waals surface area contributed by atoms with Crippen LogP contribution in [0.2, 0.25) is 0 Å². The van der Waals surface area contributed by atoms with Crippen molar-refractivity contribution in [1.29, 1.82) is 0 Å². The highest BCUT2D eigenvalue weighted by Gasteiger charge is 2.29. The van der Waals surface area contributed by atoms with Gasteiger partial charge in [0.1, 0.15) is 0 Å². The Labute approximate surface area is 116 Å². The van der Waals surface area contributed by atoms with Crippen molar-refractivity contribution in [2.75, 3.05) is 39.3 Å². The minimum atomic E-state index is 0.297. The van der Waals surface area contributed by atoms with E-state index in [1.807, 2.05) is 0 Å². The van der Waals surface area contributed by atoms with Crippen LogP contribution in [-0.4, -0.2) is 66.0 Å². The molecule has 2 amide bonds. The van der Waals surface area contributed by atoms with Crippen LogP contribution in [0.25, 0.3) is 0 Å². The largest absolute Gasteiger partial charge is 0.325 e. The van der Waals surface area contributed by atoms with E-state index in [0.717, 1.165) is 45.3 Å². The number of carbonyl (C=O) groups is 1. The van der Waals surface area contributed by atoms with E-state index in [1.165, 1.54) is 44.9 Å². The molecule has 2 heterocycles. The molecule has 0 spiro atoms. The first-order valence-corrected chi connectivity index (χ1v) is 8.12. The summed E-state index contributed by atoms with van der Waals surface area (Å²) in [6.45, 7) is 6.00. The standard InChI is InChI=1S/C15H27N3O/c19-15(17-8-4-1-5-9-17)18-12-10-16(11-13-18)14-6-2-3-7-14/h14H,1-13H2. The Balaban J connectivity index is 1.47. The zero-order valence-corrected chi connectivity index (χ0v) is 12.0. The summed E-state index contributed by atoms with van der Waals surface area (Å²) in [7, 11) is 0. The van der Waals surface area contributed by atoms with Gasteiger partial charge < -0.3 is 9.80 Å². The van der Waals surface area contributed by atoms with Gasteiger partial charge in [0.05, 0.1) is 0 Å².